The first-order chi connectivity index (χ1) is 4.86. The van der Waals surface area contributed by atoms with Gasteiger partial charge in [-0.25, -0.2) is 4.98 Å². The zero-order valence-corrected chi connectivity index (χ0v) is 6.04. The lowest BCUT2D eigenvalue weighted by Crippen LogP contribution is -2.29. The van der Waals surface area contributed by atoms with Gasteiger partial charge in [0.2, 0.25) is 0 Å². The van der Waals surface area contributed by atoms with Crippen molar-refractivity contribution in [1.29, 1.82) is 0 Å². The number of imidazole rings is 1. The van der Waals surface area contributed by atoms with E-state index in [0.29, 0.717) is 0 Å². The van der Waals surface area contributed by atoms with Gasteiger partial charge in [-0.05, 0) is 7.05 Å². The molecule has 1 aliphatic heterocycles. The van der Waals surface area contributed by atoms with Gasteiger partial charge in [-0.1, -0.05) is 0 Å². The molecule has 0 saturated heterocycles. The van der Waals surface area contributed by atoms with Gasteiger partial charge in [0.1, 0.15) is 0 Å². The molecular formula is C7H10N3. The zero-order valence-electron chi connectivity index (χ0n) is 6.04. The van der Waals surface area contributed by atoms with E-state index in [1.807, 2.05) is 6.20 Å². The Hall–Kier alpha value is -0.830. The summed E-state index contributed by atoms with van der Waals surface area (Å²) in [6, 6.07) is 0. The third-order valence-corrected chi connectivity index (χ3v) is 1.88. The monoisotopic (exact) mass is 136 g/mol. The van der Waals surface area contributed by atoms with Crippen LogP contribution in [0.2, 0.25) is 0 Å². The number of fused-ring (bicyclic) bond motifs is 1. The normalized spacial score (nSPS) is 18.9. The Morgan fingerprint density at radius 1 is 1.60 bits per heavy atom. The van der Waals surface area contributed by atoms with Gasteiger partial charge < -0.3 is 4.57 Å². The summed E-state index contributed by atoms with van der Waals surface area (Å²) in [6.45, 7) is 3.15. The maximum absolute atomic E-state index is 3.95. The van der Waals surface area contributed by atoms with Crippen molar-refractivity contribution in [2.24, 2.45) is 0 Å². The molecule has 2 heterocycles. The molecule has 0 spiro atoms. The van der Waals surface area contributed by atoms with Crippen LogP contribution in [0.25, 0.3) is 0 Å². The van der Waals surface area contributed by atoms with E-state index < -0.39 is 0 Å². The summed E-state index contributed by atoms with van der Waals surface area (Å²) in [5, 5.41) is 0. The van der Waals surface area contributed by atoms with Crippen molar-refractivity contribution in [3.05, 3.63) is 18.2 Å². The fourth-order valence-electron chi connectivity index (χ4n) is 1.25. The standard InChI is InChI=1S/C7H10N3/c1-9-2-3-10-6-8-4-7(10)5-9/h4H,2-3,5H2,1H3. The summed E-state index contributed by atoms with van der Waals surface area (Å²) in [5.74, 6) is 0. The Bertz CT molecular complexity index is 229. The van der Waals surface area contributed by atoms with Crippen molar-refractivity contribution in [3.63, 3.8) is 0 Å². The largest absolute Gasteiger partial charge is 0.323 e. The van der Waals surface area contributed by atoms with E-state index in [2.05, 4.69) is 27.8 Å². The Labute approximate surface area is 60.3 Å². The molecule has 0 bridgehead atoms. The third-order valence-electron chi connectivity index (χ3n) is 1.88. The highest BCUT2D eigenvalue weighted by molar-refractivity contribution is 4.99. The second-order valence-electron chi connectivity index (χ2n) is 2.74. The molecule has 1 aliphatic rings. The average molecular weight is 136 g/mol. The lowest BCUT2D eigenvalue weighted by Gasteiger charge is -2.23. The van der Waals surface area contributed by atoms with Gasteiger partial charge in [-0.3, -0.25) is 4.90 Å². The fourth-order valence-corrected chi connectivity index (χ4v) is 1.25. The van der Waals surface area contributed by atoms with E-state index in [1.54, 1.807) is 0 Å². The van der Waals surface area contributed by atoms with Gasteiger partial charge in [0.05, 0.1) is 11.9 Å². The summed E-state index contributed by atoms with van der Waals surface area (Å²) in [4.78, 5) is 6.23. The molecule has 1 aromatic rings. The van der Waals surface area contributed by atoms with Gasteiger partial charge in [-0.2, -0.15) is 0 Å². The van der Waals surface area contributed by atoms with Crippen LogP contribution in [0.3, 0.4) is 0 Å². The maximum Gasteiger partial charge on any atom is 0.176 e. The molecule has 0 amide bonds. The van der Waals surface area contributed by atoms with Gasteiger partial charge in [0.25, 0.3) is 0 Å². The summed E-state index contributed by atoms with van der Waals surface area (Å²) in [6.07, 6.45) is 4.80. The van der Waals surface area contributed by atoms with Crippen LogP contribution >= 0.6 is 0 Å². The quantitative estimate of drug-likeness (QED) is 0.505. The van der Waals surface area contributed by atoms with Crippen molar-refractivity contribution in [1.82, 2.24) is 14.5 Å². The maximum atomic E-state index is 3.95. The molecule has 1 aromatic heterocycles. The van der Waals surface area contributed by atoms with E-state index >= 15 is 0 Å². The minimum absolute atomic E-state index is 1.01. The van der Waals surface area contributed by atoms with E-state index in [0.717, 1.165) is 19.6 Å². The Morgan fingerprint density at radius 3 is 3.40 bits per heavy atom. The van der Waals surface area contributed by atoms with Crippen molar-refractivity contribution in [3.8, 4) is 0 Å². The lowest BCUT2D eigenvalue weighted by molar-refractivity contribution is 0.269. The number of hydrogen-bond acceptors (Lipinski definition) is 2. The predicted molar refractivity (Wildman–Crippen MR) is 37.4 cm³/mol. The molecule has 1 radical (unpaired) electrons. The molecular weight excluding hydrogens is 126 g/mol. The van der Waals surface area contributed by atoms with Gasteiger partial charge in [0, 0.05) is 19.6 Å². The average Bonchev–Trinajstić information content (AvgIpc) is 2.33. The molecule has 3 nitrogen and oxygen atoms in total. The minimum atomic E-state index is 1.01. The number of aromatic nitrogens is 2. The predicted octanol–water partition coefficient (Wildman–Crippen LogP) is 0.129. The smallest absolute Gasteiger partial charge is 0.176 e. The number of hydrogen-bond donors (Lipinski definition) is 0. The molecule has 0 aliphatic carbocycles. The van der Waals surface area contributed by atoms with E-state index in [-0.39, 0.29) is 0 Å². The topological polar surface area (TPSA) is 21.1 Å². The molecule has 53 valence electrons. The summed E-state index contributed by atoms with van der Waals surface area (Å²) >= 11 is 0. The molecule has 0 unspecified atom stereocenters. The number of nitrogens with zero attached hydrogens (tertiary/aromatic N) is 3. The summed E-state index contributed by atoms with van der Waals surface area (Å²) < 4.78 is 2.08. The molecule has 0 saturated carbocycles. The molecule has 10 heavy (non-hydrogen) atoms. The van der Waals surface area contributed by atoms with Gasteiger partial charge >= 0.3 is 0 Å². The highest BCUT2D eigenvalue weighted by Crippen LogP contribution is 2.07. The van der Waals surface area contributed by atoms with E-state index in [9.17, 15) is 0 Å². The van der Waals surface area contributed by atoms with Crippen molar-refractivity contribution >= 4 is 0 Å². The van der Waals surface area contributed by atoms with Crippen LogP contribution in [0, 0.1) is 6.33 Å². The Morgan fingerprint density at radius 2 is 2.50 bits per heavy atom. The Balaban J connectivity index is 2.30. The SMILES string of the molecule is CN1CCn2[c]ncc2C1. The highest BCUT2D eigenvalue weighted by Gasteiger charge is 2.11. The van der Waals surface area contributed by atoms with Crippen LogP contribution in [-0.4, -0.2) is 28.0 Å². The van der Waals surface area contributed by atoms with Crippen molar-refractivity contribution in [2.45, 2.75) is 13.1 Å². The molecule has 0 fully saturated rings. The highest BCUT2D eigenvalue weighted by atomic mass is 15.2. The number of likely N-dealkylation sites (N-methyl/N-ethyl adjacent to an activating group) is 1. The van der Waals surface area contributed by atoms with E-state index in [1.165, 1.54) is 5.69 Å². The third kappa shape index (κ3) is 0.827. The first-order valence-corrected chi connectivity index (χ1v) is 3.47. The minimum Gasteiger partial charge on any atom is -0.323 e. The van der Waals surface area contributed by atoms with Crippen molar-refractivity contribution < 1.29 is 0 Å². The van der Waals surface area contributed by atoms with Crippen LogP contribution in [0.5, 0.6) is 0 Å². The fraction of sp³-hybridized carbons (Fsp3) is 0.571. The van der Waals surface area contributed by atoms with Gasteiger partial charge in [-0.15, -0.1) is 0 Å². The summed E-state index contributed by atoms with van der Waals surface area (Å²) in [5.41, 5.74) is 1.27. The molecule has 0 aromatic carbocycles. The second kappa shape index (κ2) is 2.09. The molecule has 3 heteroatoms. The number of rotatable bonds is 0. The van der Waals surface area contributed by atoms with Crippen LogP contribution in [0.15, 0.2) is 6.20 Å². The molecule has 2 rings (SSSR count). The zero-order chi connectivity index (χ0) is 6.97. The van der Waals surface area contributed by atoms with Crippen LogP contribution in [0.1, 0.15) is 5.69 Å². The first-order valence-electron chi connectivity index (χ1n) is 3.47. The second-order valence-corrected chi connectivity index (χ2v) is 2.74. The van der Waals surface area contributed by atoms with Crippen molar-refractivity contribution in [2.75, 3.05) is 13.6 Å². The first kappa shape index (κ1) is 5.92. The summed E-state index contributed by atoms with van der Waals surface area (Å²) in [7, 11) is 2.12. The lowest BCUT2D eigenvalue weighted by atomic mass is 10.3. The van der Waals surface area contributed by atoms with E-state index in [4.69, 9.17) is 0 Å². The molecule has 0 N–H and O–H groups in total. The van der Waals surface area contributed by atoms with Crippen LogP contribution in [0.4, 0.5) is 0 Å². The van der Waals surface area contributed by atoms with Crippen LogP contribution in [-0.2, 0) is 13.1 Å². The molecule has 0 atom stereocenters. The Kier molecular flexibility index (Phi) is 1.24. The van der Waals surface area contributed by atoms with Crippen LogP contribution < -0.4 is 0 Å². The van der Waals surface area contributed by atoms with Gasteiger partial charge in [0.15, 0.2) is 6.33 Å².